The Morgan fingerprint density at radius 3 is 1.62 bits per heavy atom. The highest BCUT2D eigenvalue weighted by Crippen LogP contribution is 2.49. The summed E-state index contributed by atoms with van der Waals surface area (Å²) in [5.41, 5.74) is 5.97. The van der Waals surface area contributed by atoms with Gasteiger partial charge in [-0.1, -0.05) is 32.0 Å². The Kier molecular flexibility index (Phi) is 10.9. The van der Waals surface area contributed by atoms with Crippen molar-refractivity contribution in [3.05, 3.63) is 69.8 Å². The number of amides is 2. The third-order valence-corrected chi connectivity index (χ3v) is 13.6. The lowest BCUT2D eigenvalue weighted by Crippen LogP contribution is -2.41. The van der Waals surface area contributed by atoms with Crippen LogP contribution < -0.4 is 10.6 Å². The van der Waals surface area contributed by atoms with E-state index in [1.165, 1.54) is 0 Å². The van der Waals surface area contributed by atoms with Crippen LogP contribution in [0.5, 0.6) is 0 Å². The fourth-order valence-electron chi connectivity index (χ4n) is 9.19. The van der Waals surface area contributed by atoms with Gasteiger partial charge < -0.3 is 30.0 Å². The van der Waals surface area contributed by atoms with Crippen molar-refractivity contribution in [3.63, 3.8) is 0 Å². The molecular formula is C43H58N6O7. The number of aromatic nitrogens is 4. The van der Waals surface area contributed by atoms with E-state index in [0.29, 0.717) is 25.3 Å². The number of nitrogens with zero attached hydrogens (tertiary/aromatic N) is 4. The van der Waals surface area contributed by atoms with Crippen LogP contribution in [0.3, 0.4) is 0 Å². The summed E-state index contributed by atoms with van der Waals surface area (Å²) >= 11 is 0. The fraction of sp³-hybridized carbons (Fsp3) is 0.651. The molecule has 13 nitrogen and oxygen atoms in total. The Morgan fingerprint density at radius 1 is 0.732 bits per heavy atom. The van der Waals surface area contributed by atoms with Crippen LogP contribution >= 0.6 is 0 Å². The molecule has 6 aliphatic rings. The minimum Gasteiger partial charge on any atom is -0.461 e. The van der Waals surface area contributed by atoms with Crippen LogP contribution in [0.4, 0.5) is 0 Å². The van der Waals surface area contributed by atoms with Gasteiger partial charge in [0.1, 0.15) is 0 Å². The van der Waals surface area contributed by atoms with Gasteiger partial charge in [-0.3, -0.25) is 19.0 Å². The van der Waals surface area contributed by atoms with E-state index < -0.39 is 0 Å². The number of hydrogen-bond donors (Lipinski definition) is 3. The van der Waals surface area contributed by atoms with Crippen LogP contribution in [0.1, 0.15) is 119 Å². The highest BCUT2D eigenvalue weighted by Gasteiger charge is 2.48. The van der Waals surface area contributed by atoms with Gasteiger partial charge >= 0.3 is 5.97 Å². The molecule has 1 aromatic carbocycles. The van der Waals surface area contributed by atoms with Gasteiger partial charge in [0, 0.05) is 56.9 Å². The van der Waals surface area contributed by atoms with E-state index in [-0.39, 0.29) is 46.1 Å². The molecular weight excluding hydrogens is 713 g/mol. The number of ether oxygens (including phenoxy) is 3. The van der Waals surface area contributed by atoms with Crippen LogP contribution in [0, 0.1) is 21.7 Å². The maximum Gasteiger partial charge on any atom is 0.338 e. The second-order valence-corrected chi connectivity index (χ2v) is 17.6. The van der Waals surface area contributed by atoms with Crippen LogP contribution in [0.15, 0.2) is 30.3 Å². The SMILES string of the molecule is CCc1nn(CC2(CO)CC2)c2c1C(=O)NCC1(CCOCC1)C2.CCc1nn(CC2(COC(=O)c3ccccc3)CC2)c2c1C(=O)NCC1(CCOCC1)C2. The summed E-state index contributed by atoms with van der Waals surface area (Å²) in [7, 11) is 0. The number of carbonyl (C=O) groups excluding carboxylic acids is 3. The van der Waals surface area contributed by atoms with E-state index in [9.17, 15) is 19.5 Å². The number of aliphatic hydroxyl groups is 1. The van der Waals surface area contributed by atoms with Gasteiger partial charge in [-0.25, -0.2) is 4.79 Å². The van der Waals surface area contributed by atoms with E-state index in [4.69, 9.17) is 24.4 Å². The zero-order chi connectivity index (χ0) is 39.0. The summed E-state index contributed by atoms with van der Waals surface area (Å²) < 4.78 is 20.9. The Labute approximate surface area is 329 Å². The number of rotatable bonds is 10. The number of esters is 1. The Balaban J connectivity index is 0.000000164. The monoisotopic (exact) mass is 770 g/mol. The number of benzene rings is 1. The van der Waals surface area contributed by atoms with Crippen LogP contribution in [-0.2, 0) is 53.0 Å². The van der Waals surface area contributed by atoms with E-state index in [1.807, 2.05) is 36.7 Å². The van der Waals surface area contributed by atoms with Gasteiger partial charge in [-0.05, 0) is 100 Å². The molecule has 2 aliphatic carbocycles. The first-order chi connectivity index (χ1) is 27.1. The lowest BCUT2D eigenvalue weighted by Gasteiger charge is -2.36. The normalized spacial score (nSPS) is 22.3. The van der Waals surface area contributed by atoms with Gasteiger partial charge in [0.15, 0.2) is 0 Å². The summed E-state index contributed by atoms with van der Waals surface area (Å²) in [6.45, 7) is 10.5. The summed E-state index contributed by atoms with van der Waals surface area (Å²) in [5, 5.41) is 25.7. The number of aliphatic hydroxyl groups excluding tert-OH is 1. The zero-order valence-corrected chi connectivity index (χ0v) is 33.1. The molecule has 4 aliphatic heterocycles. The van der Waals surface area contributed by atoms with Crippen LogP contribution in [0.25, 0.3) is 0 Å². The number of fused-ring (bicyclic) bond motifs is 2. The van der Waals surface area contributed by atoms with Crippen molar-refractivity contribution in [2.24, 2.45) is 21.7 Å². The van der Waals surface area contributed by atoms with Gasteiger partial charge in [-0.15, -0.1) is 0 Å². The molecule has 9 rings (SSSR count). The third-order valence-electron chi connectivity index (χ3n) is 13.6. The predicted octanol–water partition coefficient (Wildman–Crippen LogP) is 4.47. The van der Waals surface area contributed by atoms with E-state index in [2.05, 4.69) is 15.3 Å². The molecule has 2 aromatic heterocycles. The molecule has 2 saturated heterocycles. The molecule has 3 aromatic rings. The lowest BCUT2D eigenvalue weighted by atomic mass is 9.76. The minimum atomic E-state index is -0.286. The molecule has 6 heterocycles. The maximum atomic E-state index is 13.0. The van der Waals surface area contributed by atoms with Crippen molar-refractivity contribution in [3.8, 4) is 0 Å². The number of aryl methyl sites for hydroxylation is 2. The van der Waals surface area contributed by atoms with Gasteiger partial charge in [0.05, 0.1) is 59.2 Å². The first-order valence-electron chi connectivity index (χ1n) is 20.9. The van der Waals surface area contributed by atoms with E-state index in [0.717, 1.165) is 150 Å². The topological polar surface area (TPSA) is 159 Å². The second kappa shape index (κ2) is 15.7. The summed E-state index contributed by atoms with van der Waals surface area (Å²) in [5.74, 6) is -0.275. The quantitative estimate of drug-likeness (QED) is 0.253. The average Bonchev–Trinajstić information content (AvgIpc) is 4.14. The average molecular weight is 771 g/mol. The van der Waals surface area contributed by atoms with E-state index in [1.54, 1.807) is 12.1 Å². The molecule has 2 amide bonds. The minimum absolute atomic E-state index is 0.00757. The molecule has 0 bridgehead atoms. The van der Waals surface area contributed by atoms with Crippen LogP contribution in [-0.4, -0.2) is 95.2 Å². The standard InChI is InChI=1S/C25H31N3O4.C18H27N3O3/c1-2-19-21-20(14-24(15-26-22(21)29)10-12-31-13-11-24)28(27-19)16-25(8-9-25)17-32-23(30)18-6-4-3-5-7-18;1-2-13-15-14(21(20-13)11-18(12-22)3-4-18)9-17(10-19-16(15)23)5-7-24-8-6-17/h3-7H,2,8-17H2,1H3,(H,26,29);22H,2-12H2,1H3,(H,19,23). The van der Waals surface area contributed by atoms with Crippen LogP contribution in [0.2, 0.25) is 0 Å². The first-order valence-corrected chi connectivity index (χ1v) is 20.9. The predicted molar refractivity (Wildman–Crippen MR) is 207 cm³/mol. The Hall–Kier alpha value is -4.07. The molecule has 0 radical (unpaired) electrons. The Bertz CT molecular complexity index is 1920. The van der Waals surface area contributed by atoms with Gasteiger partial charge in [-0.2, -0.15) is 10.2 Å². The molecule has 0 unspecified atom stereocenters. The molecule has 3 N–H and O–H groups in total. The third kappa shape index (κ3) is 7.91. The van der Waals surface area contributed by atoms with Crippen molar-refractivity contribution in [2.75, 3.05) is 52.7 Å². The van der Waals surface area contributed by atoms with E-state index >= 15 is 0 Å². The summed E-state index contributed by atoms with van der Waals surface area (Å²) in [6, 6.07) is 9.11. The highest BCUT2D eigenvalue weighted by atomic mass is 16.5. The summed E-state index contributed by atoms with van der Waals surface area (Å²) in [6.07, 6.45) is 11.1. The first kappa shape index (κ1) is 38.8. The number of carbonyl (C=O) groups is 3. The molecule has 0 atom stereocenters. The van der Waals surface area contributed by atoms with Gasteiger partial charge in [0.25, 0.3) is 11.8 Å². The number of hydrogen-bond acceptors (Lipinski definition) is 9. The second-order valence-electron chi connectivity index (χ2n) is 17.6. The Morgan fingerprint density at radius 2 is 1.20 bits per heavy atom. The lowest BCUT2D eigenvalue weighted by molar-refractivity contribution is 0.0149. The van der Waals surface area contributed by atoms with Crippen molar-refractivity contribution in [1.29, 1.82) is 0 Å². The highest BCUT2D eigenvalue weighted by molar-refractivity contribution is 5.97. The smallest absolute Gasteiger partial charge is 0.338 e. The van der Waals surface area contributed by atoms with Crippen molar-refractivity contribution < 1.29 is 33.7 Å². The van der Waals surface area contributed by atoms with Crippen molar-refractivity contribution in [2.45, 2.75) is 104 Å². The molecule has 2 saturated carbocycles. The maximum absolute atomic E-state index is 13.0. The molecule has 4 fully saturated rings. The molecule has 302 valence electrons. The molecule has 2 spiro atoms. The largest absolute Gasteiger partial charge is 0.461 e. The fourth-order valence-corrected chi connectivity index (χ4v) is 9.19. The zero-order valence-electron chi connectivity index (χ0n) is 33.1. The summed E-state index contributed by atoms with van der Waals surface area (Å²) in [4.78, 5) is 38.2. The molecule has 13 heteroatoms. The van der Waals surface area contributed by atoms with Crippen molar-refractivity contribution >= 4 is 17.8 Å². The number of nitrogens with one attached hydrogen (secondary N) is 2. The van der Waals surface area contributed by atoms with Crippen molar-refractivity contribution in [1.82, 2.24) is 30.2 Å². The molecule has 56 heavy (non-hydrogen) atoms. The van der Waals surface area contributed by atoms with Gasteiger partial charge in [0.2, 0.25) is 0 Å².